The number of rotatable bonds is 5. The van der Waals surface area contributed by atoms with Gasteiger partial charge in [-0.05, 0) is 69.6 Å². The summed E-state index contributed by atoms with van der Waals surface area (Å²) in [5, 5.41) is 0. The normalized spacial score (nSPS) is 10.4. The fourth-order valence-electron chi connectivity index (χ4n) is 1.69. The van der Waals surface area contributed by atoms with Crippen molar-refractivity contribution >= 4 is 44.4 Å². The third-order valence-corrected chi connectivity index (χ3v) is 3.80. The molecule has 2 nitrogen and oxygen atoms in total. The summed E-state index contributed by atoms with van der Waals surface area (Å²) in [5.74, 6) is 0.124. The van der Waals surface area contributed by atoms with Gasteiger partial charge in [-0.3, -0.25) is 4.79 Å². The zero-order valence-electron chi connectivity index (χ0n) is 10.2. The van der Waals surface area contributed by atoms with Gasteiger partial charge < -0.3 is 4.90 Å². The zero-order chi connectivity index (χ0) is 12.8. The smallest absolute Gasteiger partial charge is 0.255 e. The number of hydrogen-bond donors (Lipinski definition) is 0. The van der Waals surface area contributed by atoms with Gasteiger partial charge in [-0.25, -0.2) is 0 Å². The maximum atomic E-state index is 12.4. The molecule has 0 fully saturated rings. The Kier molecular flexibility index (Phi) is 6.48. The molecular formula is C13H17BrINO. The molecule has 0 N–H and O–H groups in total. The Hall–Kier alpha value is -0.100. The van der Waals surface area contributed by atoms with Crippen LogP contribution in [0.3, 0.4) is 0 Å². The fraction of sp³-hybridized carbons (Fsp3) is 0.462. The van der Waals surface area contributed by atoms with E-state index in [1.807, 2.05) is 23.1 Å². The summed E-state index contributed by atoms with van der Waals surface area (Å²) >= 11 is 5.68. The van der Waals surface area contributed by atoms with E-state index in [4.69, 9.17) is 0 Å². The van der Waals surface area contributed by atoms with Crippen molar-refractivity contribution in [2.24, 2.45) is 0 Å². The molecule has 94 valence electrons. The second kappa shape index (κ2) is 7.36. The Bertz CT molecular complexity index is 389. The minimum atomic E-state index is 0.124. The molecule has 0 aromatic heterocycles. The molecule has 1 amide bonds. The van der Waals surface area contributed by atoms with Crippen molar-refractivity contribution in [1.29, 1.82) is 0 Å². The molecule has 0 unspecified atom stereocenters. The summed E-state index contributed by atoms with van der Waals surface area (Å²) in [5.41, 5.74) is 0.763. The molecule has 0 spiro atoms. The maximum absolute atomic E-state index is 12.4. The van der Waals surface area contributed by atoms with Gasteiger partial charge in [-0.15, -0.1) is 0 Å². The molecular weight excluding hydrogens is 393 g/mol. The summed E-state index contributed by atoms with van der Waals surface area (Å²) in [6, 6.07) is 5.86. The second-order valence-corrected chi connectivity index (χ2v) is 6.02. The number of nitrogens with zero attached hydrogens (tertiary/aromatic N) is 1. The average Bonchev–Trinajstić information content (AvgIpc) is 2.31. The Balaban J connectivity index is 2.95. The van der Waals surface area contributed by atoms with E-state index in [1.54, 1.807) is 0 Å². The van der Waals surface area contributed by atoms with Gasteiger partial charge in [0, 0.05) is 21.1 Å². The van der Waals surface area contributed by atoms with Gasteiger partial charge in [0.05, 0.1) is 5.56 Å². The Morgan fingerprint density at radius 3 is 2.41 bits per heavy atom. The number of amides is 1. The van der Waals surface area contributed by atoms with E-state index in [0.717, 1.165) is 39.5 Å². The number of halogens is 2. The first-order valence-corrected chi connectivity index (χ1v) is 7.71. The minimum absolute atomic E-state index is 0.124. The van der Waals surface area contributed by atoms with Crippen LogP contribution < -0.4 is 0 Å². The van der Waals surface area contributed by atoms with Crippen molar-refractivity contribution in [3.8, 4) is 0 Å². The molecule has 0 radical (unpaired) electrons. The first kappa shape index (κ1) is 15.0. The van der Waals surface area contributed by atoms with Gasteiger partial charge in [0.15, 0.2) is 0 Å². The van der Waals surface area contributed by atoms with Crippen LogP contribution in [0.1, 0.15) is 37.0 Å². The van der Waals surface area contributed by atoms with Crippen molar-refractivity contribution in [2.75, 3.05) is 13.1 Å². The molecule has 1 aromatic rings. The summed E-state index contributed by atoms with van der Waals surface area (Å²) in [6.07, 6.45) is 1.99. The first-order valence-electron chi connectivity index (χ1n) is 5.84. The number of carbonyl (C=O) groups is 1. The van der Waals surface area contributed by atoms with Crippen molar-refractivity contribution in [3.63, 3.8) is 0 Å². The molecule has 0 aliphatic carbocycles. The molecule has 1 aromatic carbocycles. The van der Waals surface area contributed by atoms with E-state index in [-0.39, 0.29) is 5.91 Å². The van der Waals surface area contributed by atoms with Gasteiger partial charge in [0.1, 0.15) is 0 Å². The topological polar surface area (TPSA) is 20.3 Å². The van der Waals surface area contributed by atoms with Crippen LogP contribution in [0.4, 0.5) is 0 Å². The lowest BCUT2D eigenvalue weighted by Crippen LogP contribution is -2.32. The molecule has 0 saturated carbocycles. The zero-order valence-corrected chi connectivity index (χ0v) is 13.9. The van der Waals surface area contributed by atoms with E-state index in [1.165, 1.54) is 0 Å². The number of hydrogen-bond acceptors (Lipinski definition) is 1. The summed E-state index contributed by atoms with van der Waals surface area (Å²) in [6.45, 7) is 5.84. The highest BCUT2D eigenvalue weighted by atomic mass is 127. The average molecular weight is 410 g/mol. The lowest BCUT2D eigenvalue weighted by molar-refractivity contribution is 0.0754. The van der Waals surface area contributed by atoms with Gasteiger partial charge in [0.25, 0.3) is 5.91 Å². The summed E-state index contributed by atoms with van der Waals surface area (Å²) in [4.78, 5) is 14.3. The molecule has 0 aliphatic rings. The molecule has 0 saturated heterocycles. The molecule has 0 aliphatic heterocycles. The van der Waals surface area contributed by atoms with E-state index >= 15 is 0 Å². The number of benzene rings is 1. The maximum Gasteiger partial charge on any atom is 0.255 e. The molecule has 0 bridgehead atoms. The highest BCUT2D eigenvalue weighted by Crippen LogP contribution is 2.21. The second-order valence-electron chi connectivity index (χ2n) is 3.92. The Labute approximate surface area is 125 Å². The van der Waals surface area contributed by atoms with Crippen molar-refractivity contribution in [3.05, 3.63) is 31.8 Å². The minimum Gasteiger partial charge on any atom is -0.339 e. The fourth-order valence-corrected chi connectivity index (χ4v) is 2.59. The summed E-state index contributed by atoms with van der Waals surface area (Å²) in [7, 11) is 0. The monoisotopic (exact) mass is 409 g/mol. The Morgan fingerprint density at radius 2 is 1.88 bits per heavy atom. The standard InChI is InChI=1S/C13H17BrINO/c1-3-7-16(8-4-2)13(17)11-9-10(15)5-6-12(11)14/h5-6,9H,3-4,7-8H2,1-2H3. The van der Waals surface area contributed by atoms with Gasteiger partial charge in [-0.1, -0.05) is 13.8 Å². The first-order chi connectivity index (χ1) is 8.10. The molecule has 1 rings (SSSR count). The van der Waals surface area contributed by atoms with Crippen LogP contribution in [0, 0.1) is 3.57 Å². The van der Waals surface area contributed by atoms with Gasteiger partial charge in [0.2, 0.25) is 0 Å². The van der Waals surface area contributed by atoms with Crippen LogP contribution >= 0.6 is 38.5 Å². The van der Waals surface area contributed by atoms with Crippen LogP contribution in [0.15, 0.2) is 22.7 Å². The van der Waals surface area contributed by atoms with Crippen molar-refractivity contribution in [1.82, 2.24) is 4.90 Å². The molecule has 4 heteroatoms. The van der Waals surface area contributed by atoms with Crippen molar-refractivity contribution in [2.45, 2.75) is 26.7 Å². The SMILES string of the molecule is CCCN(CCC)C(=O)c1cc(I)ccc1Br. The van der Waals surface area contributed by atoms with E-state index in [0.29, 0.717) is 0 Å². The third-order valence-electron chi connectivity index (χ3n) is 2.43. The van der Waals surface area contributed by atoms with E-state index in [2.05, 4.69) is 52.4 Å². The Morgan fingerprint density at radius 1 is 1.29 bits per heavy atom. The van der Waals surface area contributed by atoms with Crippen LogP contribution in [0.2, 0.25) is 0 Å². The lowest BCUT2D eigenvalue weighted by Gasteiger charge is -2.22. The molecule has 0 heterocycles. The molecule has 0 atom stereocenters. The van der Waals surface area contributed by atoms with Crippen LogP contribution in [0.25, 0.3) is 0 Å². The lowest BCUT2D eigenvalue weighted by atomic mass is 10.2. The third kappa shape index (κ3) is 4.25. The highest BCUT2D eigenvalue weighted by molar-refractivity contribution is 14.1. The highest BCUT2D eigenvalue weighted by Gasteiger charge is 2.17. The number of carbonyl (C=O) groups excluding carboxylic acids is 1. The van der Waals surface area contributed by atoms with Crippen molar-refractivity contribution < 1.29 is 4.79 Å². The molecule has 17 heavy (non-hydrogen) atoms. The van der Waals surface area contributed by atoms with E-state index in [9.17, 15) is 4.79 Å². The van der Waals surface area contributed by atoms with E-state index < -0.39 is 0 Å². The predicted octanol–water partition coefficient (Wildman–Crippen LogP) is 4.32. The van der Waals surface area contributed by atoms with Crippen LogP contribution in [-0.4, -0.2) is 23.9 Å². The van der Waals surface area contributed by atoms with Crippen LogP contribution in [0.5, 0.6) is 0 Å². The quantitative estimate of drug-likeness (QED) is 0.663. The van der Waals surface area contributed by atoms with Crippen LogP contribution in [-0.2, 0) is 0 Å². The predicted molar refractivity (Wildman–Crippen MR) is 83.3 cm³/mol. The summed E-state index contributed by atoms with van der Waals surface area (Å²) < 4.78 is 1.96. The largest absolute Gasteiger partial charge is 0.339 e. The van der Waals surface area contributed by atoms with Gasteiger partial charge in [-0.2, -0.15) is 0 Å². The van der Waals surface area contributed by atoms with Gasteiger partial charge >= 0.3 is 0 Å².